The van der Waals surface area contributed by atoms with E-state index in [0.29, 0.717) is 12.5 Å². The molecule has 1 aromatic heterocycles. The minimum absolute atomic E-state index is 0.0794. The number of rotatable bonds is 2. The number of hydrogen-bond donors (Lipinski definition) is 1. The standard InChI is InChI=1S/C18H24N2S/c1-18(2,3)16-15(11-19)21-17(20-16)14-9-8-12-6-4-5-7-13(12)10-14/h4-7,14H,8-11,19H2,1-3H3. The summed E-state index contributed by atoms with van der Waals surface area (Å²) in [5.74, 6) is 0.561. The molecule has 0 bridgehead atoms. The summed E-state index contributed by atoms with van der Waals surface area (Å²) in [6.07, 6.45) is 3.50. The summed E-state index contributed by atoms with van der Waals surface area (Å²) < 4.78 is 0. The van der Waals surface area contributed by atoms with Crippen LogP contribution in [-0.4, -0.2) is 4.98 Å². The SMILES string of the molecule is CC(C)(C)c1nc(C2CCc3ccccc3C2)sc1CN. The average Bonchev–Trinajstić information content (AvgIpc) is 2.91. The van der Waals surface area contributed by atoms with Crippen LogP contribution >= 0.6 is 11.3 Å². The first-order chi connectivity index (χ1) is 9.99. The topological polar surface area (TPSA) is 38.9 Å². The third-order valence-corrected chi connectivity index (χ3v) is 5.55. The van der Waals surface area contributed by atoms with Crippen molar-refractivity contribution in [3.05, 3.63) is 51.0 Å². The fourth-order valence-electron chi connectivity index (χ4n) is 3.18. The monoisotopic (exact) mass is 300 g/mol. The molecule has 1 aromatic carbocycles. The third-order valence-electron chi connectivity index (χ3n) is 4.31. The van der Waals surface area contributed by atoms with Gasteiger partial charge in [-0.1, -0.05) is 45.0 Å². The summed E-state index contributed by atoms with van der Waals surface area (Å²) in [6, 6.07) is 8.82. The van der Waals surface area contributed by atoms with Gasteiger partial charge < -0.3 is 5.73 Å². The molecule has 0 amide bonds. The molecule has 0 spiro atoms. The van der Waals surface area contributed by atoms with Crippen molar-refractivity contribution >= 4 is 11.3 Å². The van der Waals surface area contributed by atoms with Crippen molar-refractivity contribution in [3.8, 4) is 0 Å². The highest BCUT2D eigenvalue weighted by Crippen LogP contribution is 2.38. The van der Waals surface area contributed by atoms with E-state index in [-0.39, 0.29) is 5.41 Å². The van der Waals surface area contributed by atoms with Gasteiger partial charge in [-0.3, -0.25) is 0 Å². The highest BCUT2D eigenvalue weighted by molar-refractivity contribution is 7.11. The molecular formula is C18H24N2S. The van der Waals surface area contributed by atoms with Crippen LogP contribution in [0.1, 0.15) is 59.8 Å². The summed E-state index contributed by atoms with van der Waals surface area (Å²) in [7, 11) is 0. The summed E-state index contributed by atoms with van der Waals surface area (Å²) in [5, 5.41) is 1.29. The van der Waals surface area contributed by atoms with E-state index in [2.05, 4.69) is 45.0 Å². The van der Waals surface area contributed by atoms with Crippen LogP contribution < -0.4 is 5.73 Å². The van der Waals surface area contributed by atoms with Crippen molar-refractivity contribution in [3.63, 3.8) is 0 Å². The quantitative estimate of drug-likeness (QED) is 0.904. The lowest BCUT2D eigenvalue weighted by atomic mass is 9.84. The van der Waals surface area contributed by atoms with Crippen LogP contribution in [0.4, 0.5) is 0 Å². The number of nitrogens with two attached hydrogens (primary N) is 1. The van der Waals surface area contributed by atoms with Crippen molar-refractivity contribution in [2.24, 2.45) is 5.73 Å². The first-order valence-corrected chi connectivity index (χ1v) is 8.57. The van der Waals surface area contributed by atoms with Crippen LogP contribution in [0.3, 0.4) is 0 Å². The maximum atomic E-state index is 5.94. The Balaban J connectivity index is 1.91. The van der Waals surface area contributed by atoms with Gasteiger partial charge in [0.15, 0.2) is 0 Å². The van der Waals surface area contributed by atoms with E-state index in [1.807, 2.05) is 11.3 Å². The van der Waals surface area contributed by atoms with E-state index in [9.17, 15) is 0 Å². The Hall–Kier alpha value is -1.19. The second-order valence-electron chi connectivity index (χ2n) is 6.99. The van der Waals surface area contributed by atoms with Gasteiger partial charge in [-0.15, -0.1) is 11.3 Å². The molecule has 0 fully saturated rings. The highest BCUT2D eigenvalue weighted by Gasteiger charge is 2.27. The number of thiazole rings is 1. The number of aromatic nitrogens is 1. The summed E-state index contributed by atoms with van der Waals surface area (Å²) >= 11 is 1.83. The van der Waals surface area contributed by atoms with Crippen molar-refractivity contribution in [1.82, 2.24) is 4.98 Å². The maximum absolute atomic E-state index is 5.94. The number of benzene rings is 1. The molecule has 21 heavy (non-hydrogen) atoms. The predicted octanol–water partition coefficient (Wildman–Crippen LogP) is 4.17. The molecule has 112 valence electrons. The summed E-state index contributed by atoms with van der Waals surface area (Å²) in [6.45, 7) is 7.27. The van der Waals surface area contributed by atoms with E-state index in [4.69, 9.17) is 10.7 Å². The van der Waals surface area contributed by atoms with Gasteiger partial charge in [-0.2, -0.15) is 0 Å². The smallest absolute Gasteiger partial charge is 0.0966 e. The van der Waals surface area contributed by atoms with Gasteiger partial charge in [0.1, 0.15) is 0 Å². The number of aryl methyl sites for hydroxylation is 1. The van der Waals surface area contributed by atoms with Gasteiger partial charge in [-0.05, 0) is 30.4 Å². The lowest BCUT2D eigenvalue weighted by molar-refractivity contribution is 0.547. The fraction of sp³-hybridized carbons (Fsp3) is 0.500. The Morgan fingerprint density at radius 3 is 2.57 bits per heavy atom. The minimum Gasteiger partial charge on any atom is -0.326 e. The zero-order valence-electron chi connectivity index (χ0n) is 13.1. The van der Waals surface area contributed by atoms with E-state index < -0.39 is 0 Å². The lowest BCUT2D eigenvalue weighted by Crippen LogP contribution is -2.16. The largest absolute Gasteiger partial charge is 0.326 e. The van der Waals surface area contributed by atoms with Crippen LogP contribution in [-0.2, 0) is 24.8 Å². The Kier molecular flexibility index (Phi) is 3.89. The van der Waals surface area contributed by atoms with Crippen molar-refractivity contribution < 1.29 is 0 Å². The minimum atomic E-state index is 0.0794. The molecule has 2 nitrogen and oxygen atoms in total. The zero-order valence-corrected chi connectivity index (χ0v) is 14.0. The normalized spacial score (nSPS) is 18.6. The van der Waals surface area contributed by atoms with Crippen LogP contribution in [0.5, 0.6) is 0 Å². The van der Waals surface area contributed by atoms with Gasteiger partial charge in [-0.25, -0.2) is 4.98 Å². The first kappa shape index (κ1) is 14.7. The molecule has 1 atom stereocenters. The summed E-state index contributed by atoms with van der Waals surface area (Å²) in [4.78, 5) is 6.25. The van der Waals surface area contributed by atoms with Crippen LogP contribution in [0, 0.1) is 0 Å². The van der Waals surface area contributed by atoms with Crippen LogP contribution in [0.25, 0.3) is 0 Å². The third kappa shape index (κ3) is 2.90. The van der Waals surface area contributed by atoms with Gasteiger partial charge in [0.05, 0.1) is 10.7 Å². The second kappa shape index (κ2) is 5.54. The molecular weight excluding hydrogens is 276 g/mol. The molecule has 1 heterocycles. The van der Waals surface area contributed by atoms with Gasteiger partial charge in [0.2, 0.25) is 0 Å². The van der Waals surface area contributed by atoms with Crippen molar-refractivity contribution in [1.29, 1.82) is 0 Å². The first-order valence-electron chi connectivity index (χ1n) is 7.76. The molecule has 0 saturated heterocycles. The Labute approximate surface area is 131 Å². The molecule has 1 aliphatic carbocycles. The van der Waals surface area contributed by atoms with Gasteiger partial charge in [0.25, 0.3) is 0 Å². The van der Waals surface area contributed by atoms with E-state index >= 15 is 0 Å². The Bertz CT molecular complexity index is 637. The Morgan fingerprint density at radius 1 is 1.24 bits per heavy atom. The molecule has 0 aliphatic heterocycles. The van der Waals surface area contributed by atoms with Gasteiger partial charge >= 0.3 is 0 Å². The average molecular weight is 300 g/mol. The number of hydrogen-bond acceptors (Lipinski definition) is 3. The van der Waals surface area contributed by atoms with Crippen LogP contribution in [0.15, 0.2) is 24.3 Å². The fourth-order valence-corrected chi connectivity index (χ4v) is 4.47. The molecule has 2 N–H and O–H groups in total. The van der Waals surface area contributed by atoms with E-state index in [0.717, 1.165) is 6.42 Å². The number of nitrogens with zero attached hydrogens (tertiary/aromatic N) is 1. The lowest BCUT2D eigenvalue weighted by Gasteiger charge is -2.23. The molecule has 1 unspecified atom stereocenters. The molecule has 0 radical (unpaired) electrons. The molecule has 0 saturated carbocycles. The molecule has 3 heteroatoms. The summed E-state index contributed by atoms with van der Waals surface area (Å²) in [5.41, 5.74) is 10.2. The Morgan fingerprint density at radius 2 is 1.95 bits per heavy atom. The maximum Gasteiger partial charge on any atom is 0.0966 e. The highest BCUT2D eigenvalue weighted by atomic mass is 32.1. The van der Waals surface area contributed by atoms with Crippen molar-refractivity contribution in [2.45, 2.75) is 57.9 Å². The molecule has 3 rings (SSSR count). The van der Waals surface area contributed by atoms with Crippen LogP contribution in [0.2, 0.25) is 0 Å². The van der Waals surface area contributed by atoms with Gasteiger partial charge in [0, 0.05) is 22.8 Å². The zero-order chi connectivity index (χ0) is 15.0. The molecule has 1 aliphatic rings. The van der Waals surface area contributed by atoms with E-state index in [1.165, 1.54) is 39.5 Å². The van der Waals surface area contributed by atoms with E-state index in [1.54, 1.807) is 0 Å². The second-order valence-corrected chi connectivity index (χ2v) is 8.10. The molecule has 2 aromatic rings. The number of fused-ring (bicyclic) bond motifs is 1. The predicted molar refractivity (Wildman–Crippen MR) is 89.9 cm³/mol. The van der Waals surface area contributed by atoms with Crippen molar-refractivity contribution in [2.75, 3.05) is 0 Å².